The van der Waals surface area contributed by atoms with Gasteiger partial charge in [-0.2, -0.15) is 0 Å². The van der Waals surface area contributed by atoms with E-state index in [2.05, 4.69) is 5.10 Å². The molecule has 0 spiro atoms. The summed E-state index contributed by atoms with van der Waals surface area (Å²) in [7, 11) is 1.64. The summed E-state index contributed by atoms with van der Waals surface area (Å²) < 4.78 is 23.2. The molecule has 6 nitrogen and oxygen atoms in total. The number of benzene rings is 2. The van der Waals surface area contributed by atoms with Gasteiger partial charge in [0.2, 0.25) is 5.78 Å². The predicted octanol–water partition coefficient (Wildman–Crippen LogP) is 2.28. The Hall–Kier alpha value is -2.93. The van der Waals surface area contributed by atoms with Crippen LogP contribution in [0.1, 0.15) is 5.56 Å². The molecule has 2 heterocycles. The summed E-state index contributed by atoms with van der Waals surface area (Å²) in [6, 6.07) is 13.8. The molecule has 0 unspecified atom stereocenters. The maximum atomic E-state index is 13.1. The van der Waals surface area contributed by atoms with Gasteiger partial charge in [-0.15, -0.1) is 5.10 Å². The van der Waals surface area contributed by atoms with Crippen LogP contribution < -0.4 is 5.69 Å². The fourth-order valence-corrected chi connectivity index (χ4v) is 3.04. The van der Waals surface area contributed by atoms with Crippen LogP contribution >= 0.6 is 0 Å². The van der Waals surface area contributed by atoms with Crippen molar-refractivity contribution in [2.45, 2.75) is 13.1 Å². The van der Waals surface area contributed by atoms with Crippen molar-refractivity contribution in [3.8, 4) is 0 Å². The van der Waals surface area contributed by atoms with Crippen molar-refractivity contribution in [1.29, 1.82) is 0 Å². The monoisotopic (exact) mass is 340 g/mol. The van der Waals surface area contributed by atoms with Gasteiger partial charge >= 0.3 is 5.69 Å². The van der Waals surface area contributed by atoms with E-state index in [1.807, 2.05) is 28.8 Å². The first-order valence-electron chi connectivity index (χ1n) is 7.99. The Morgan fingerprint density at radius 2 is 1.80 bits per heavy atom. The van der Waals surface area contributed by atoms with Gasteiger partial charge in [-0.25, -0.2) is 18.3 Å². The number of rotatable bonds is 5. The molecule has 2 aromatic heterocycles. The lowest BCUT2D eigenvalue weighted by Gasteiger charge is -2.04. The SMILES string of the molecule is COCCn1c2ccccc2n2c(=O)n(Cc3ccc(F)cc3)nc12. The zero-order chi connectivity index (χ0) is 17.4. The molecular formula is C18H17FN4O2. The van der Waals surface area contributed by atoms with Crippen LogP contribution in [0.5, 0.6) is 0 Å². The molecule has 0 fully saturated rings. The second-order valence-corrected chi connectivity index (χ2v) is 5.84. The minimum absolute atomic E-state index is 0.216. The number of methoxy groups -OCH3 is 1. The molecule has 0 aliphatic rings. The number of fused-ring (bicyclic) bond motifs is 3. The lowest BCUT2D eigenvalue weighted by Crippen LogP contribution is -2.21. The van der Waals surface area contributed by atoms with Crippen molar-refractivity contribution in [3.63, 3.8) is 0 Å². The van der Waals surface area contributed by atoms with E-state index in [-0.39, 0.29) is 11.5 Å². The lowest BCUT2D eigenvalue weighted by molar-refractivity contribution is 0.189. The summed E-state index contributed by atoms with van der Waals surface area (Å²) in [4.78, 5) is 12.8. The molecule has 7 heteroatoms. The van der Waals surface area contributed by atoms with Crippen LogP contribution in [-0.4, -0.2) is 32.5 Å². The fraction of sp³-hybridized carbons (Fsp3) is 0.222. The number of halogens is 1. The molecule has 0 saturated heterocycles. The van der Waals surface area contributed by atoms with Gasteiger partial charge in [0.15, 0.2) is 0 Å². The number of para-hydroxylation sites is 2. The standard InChI is InChI=1S/C18H17FN4O2/c1-25-11-10-21-15-4-2-3-5-16(15)23-17(21)20-22(18(23)24)12-13-6-8-14(19)9-7-13/h2-9H,10-12H2,1H3. The quantitative estimate of drug-likeness (QED) is 0.560. The Kier molecular flexibility index (Phi) is 3.85. The van der Waals surface area contributed by atoms with E-state index in [1.165, 1.54) is 16.8 Å². The largest absolute Gasteiger partial charge is 0.383 e. The van der Waals surface area contributed by atoms with E-state index < -0.39 is 0 Å². The average Bonchev–Trinajstić information content (AvgIpc) is 3.10. The number of ether oxygens (including phenoxy) is 1. The molecular weight excluding hydrogens is 323 g/mol. The number of hydrogen-bond donors (Lipinski definition) is 0. The Bertz CT molecular complexity index is 1090. The van der Waals surface area contributed by atoms with Crippen molar-refractivity contribution < 1.29 is 9.13 Å². The molecule has 25 heavy (non-hydrogen) atoms. The van der Waals surface area contributed by atoms with Crippen molar-refractivity contribution in [1.82, 2.24) is 18.7 Å². The lowest BCUT2D eigenvalue weighted by atomic mass is 10.2. The topological polar surface area (TPSA) is 53.5 Å². The summed E-state index contributed by atoms with van der Waals surface area (Å²) in [6.45, 7) is 1.41. The summed E-state index contributed by atoms with van der Waals surface area (Å²) >= 11 is 0. The average molecular weight is 340 g/mol. The van der Waals surface area contributed by atoms with Gasteiger partial charge in [0.1, 0.15) is 5.82 Å². The van der Waals surface area contributed by atoms with Crippen molar-refractivity contribution in [2.24, 2.45) is 0 Å². The summed E-state index contributed by atoms with van der Waals surface area (Å²) in [5, 5.41) is 4.50. The van der Waals surface area contributed by atoms with Gasteiger partial charge < -0.3 is 9.30 Å². The van der Waals surface area contributed by atoms with Crippen molar-refractivity contribution in [2.75, 3.05) is 13.7 Å². The molecule has 4 aromatic rings. The Morgan fingerprint density at radius 3 is 2.52 bits per heavy atom. The zero-order valence-corrected chi connectivity index (χ0v) is 13.7. The van der Waals surface area contributed by atoms with Crippen LogP contribution in [0.2, 0.25) is 0 Å². The van der Waals surface area contributed by atoms with E-state index in [4.69, 9.17) is 4.74 Å². The van der Waals surface area contributed by atoms with Crippen LogP contribution in [0.15, 0.2) is 53.3 Å². The first kappa shape index (κ1) is 15.6. The van der Waals surface area contributed by atoms with E-state index in [0.29, 0.717) is 25.5 Å². The number of nitrogens with zero attached hydrogens (tertiary/aromatic N) is 4. The molecule has 0 atom stereocenters. The van der Waals surface area contributed by atoms with Gasteiger partial charge in [0.25, 0.3) is 0 Å². The van der Waals surface area contributed by atoms with E-state index in [9.17, 15) is 9.18 Å². The first-order valence-corrected chi connectivity index (χ1v) is 7.99. The third kappa shape index (κ3) is 2.62. The maximum absolute atomic E-state index is 13.1. The van der Waals surface area contributed by atoms with E-state index in [1.54, 1.807) is 23.6 Å². The number of hydrogen-bond acceptors (Lipinski definition) is 3. The highest BCUT2D eigenvalue weighted by Gasteiger charge is 2.17. The highest BCUT2D eigenvalue weighted by molar-refractivity contribution is 5.80. The van der Waals surface area contributed by atoms with Gasteiger partial charge in [0, 0.05) is 13.7 Å². The third-order valence-electron chi connectivity index (χ3n) is 4.24. The minimum Gasteiger partial charge on any atom is -0.383 e. The predicted molar refractivity (Wildman–Crippen MR) is 92.3 cm³/mol. The Labute approximate surface area is 142 Å². The number of aromatic nitrogens is 4. The van der Waals surface area contributed by atoms with Crippen LogP contribution in [0, 0.1) is 5.82 Å². The normalized spacial score (nSPS) is 11.6. The zero-order valence-electron chi connectivity index (χ0n) is 13.7. The Balaban J connectivity index is 1.86. The Morgan fingerprint density at radius 1 is 1.08 bits per heavy atom. The van der Waals surface area contributed by atoms with Crippen LogP contribution in [0.25, 0.3) is 16.8 Å². The summed E-state index contributed by atoms with van der Waals surface area (Å²) in [5.74, 6) is 0.272. The second kappa shape index (κ2) is 6.18. The third-order valence-corrected chi connectivity index (χ3v) is 4.24. The van der Waals surface area contributed by atoms with Crippen LogP contribution in [-0.2, 0) is 17.8 Å². The van der Waals surface area contributed by atoms with Gasteiger partial charge in [-0.3, -0.25) is 0 Å². The molecule has 0 N–H and O–H groups in total. The van der Waals surface area contributed by atoms with Crippen molar-refractivity contribution in [3.05, 3.63) is 70.4 Å². The highest BCUT2D eigenvalue weighted by atomic mass is 19.1. The van der Waals surface area contributed by atoms with Crippen LogP contribution in [0.3, 0.4) is 0 Å². The summed E-state index contributed by atoms with van der Waals surface area (Å²) in [6.07, 6.45) is 0. The number of imidazole rings is 1. The minimum atomic E-state index is -0.303. The second-order valence-electron chi connectivity index (χ2n) is 5.84. The molecule has 128 valence electrons. The first-order chi connectivity index (χ1) is 12.2. The van der Waals surface area contributed by atoms with Gasteiger partial charge in [0.05, 0.1) is 24.2 Å². The van der Waals surface area contributed by atoms with E-state index >= 15 is 0 Å². The van der Waals surface area contributed by atoms with Crippen molar-refractivity contribution >= 4 is 16.8 Å². The maximum Gasteiger partial charge on any atom is 0.352 e. The fourth-order valence-electron chi connectivity index (χ4n) is 3.04. The molecule has 2 aromatic carbocycles. The molecule has 0 amide bonds. The van der Waals surface area contributed by atoms with Crippen LogP contribution in [0.4, 0.5) is 4.39 Å². The molecule has 0 aliphatic heterocycles. The molecule has 0 aliphatic carbocycles. The molecule has 0 bridgehead atoms. The van der Waals surface area contributed by atoms with Gasteiger partial charge in [-0.1, -0.05) is 24.3 Å². The van der Waals surface area contributed by atoms with Gasteiger partial charge in [-0.05, 0) is 29.8 Å². The smallest absolute Gasteiger partial charge is 0.352 e. The van der Waals surface area contributed by atoms with E-state index in [0.717, 1.165) is 16.6 Å². The highest BCUT2D eigenvalue weighted by Crippen LogP contribution is 2.18. The molecule has 4 rings (SSSR count). The summed E-state index contributed by atoms with van der Waals surface area (Å²) in [5.41, 5.74) is 2.35. The molecule has 0 saturated carbocycles. The molecule has 0 radical (unpaired) electrons.